The first-order valence-electron chi connectivity index (χ1n) is 6.37. The fourth-order valence-electron chi connectivity index (χ4n) is 2.36. The number of aryl methyl sites for hydroxylation is 1. The second kappa shape index (κ2) is 5.94. The van der Waals surface area contributed by atoms with Crippen LogP contribution in [0.3, 0.4) is 0 Å². The number of rotatable bonds is 4. The lowest BCUT2D eigenvalue weighted by Gasteiger charge is -2.16. The van der Waals surface area contributed by atoms with Crippen molar-refractivity contribution in [3.8, 4) is 0 Å². The van der Waals surface area contributed by atoms with E-state index < -0.39 is 0 Å². The summed E-state index contributed by atoms with van der Waals surface area (Å²) >= 11 is 0. The summed E-state index contributed by atoms with van der Waals surface area (Å²) < 4.78 is 0. The topological polar surface area (TPSA) is 96.2 Å². The molecule has 0 aliphatic carbocycles. The molecule has 19 heavy (non-hydrogen) atoms. The number of likely N-dealkylation sites (tertiary alicyclic amines) is 1. The Labute approximate surface area is 112 Å². The summed E-state index contributed by atoms with van der Waals surface area (Å²) in [6, 6.07) is 2.03. The fraction of sp³-hybridized carbons (Fsp3) is 0.583. The van der Waals surface area contributed by atoms with Gasteiger partial charge >= 0.3 is 0 Å². The van der Waals surface area contributed by atoms with Crippen molar-refractivity contribution in [2.75, 3.05) is 18.5 Å². The molecule has 2 heterocycles. The SMILES string of the molecule is CC(=O)NC1CCN(Cc2nc(C)cc(NN)n2)C1. The van der Waals surface area contributed by atoms with Crippen LogP contribution in [0.2, 0.25) is 0 Å². The van der Waals surface area contributed by atoms with Gasteiger partial charge in [0.15, 0.2) is 0 Å². The van der Waals surface area contributed by atoms with Gasteiger partial charge in [-0.25, -0.2) is 15.8 Å². The second-order valence-corrected chi connectivity index (χ2v) is 4.88. The molecule has 1 amide bonds. The highest BCUT2D eigenvalue weighted by atomic mass is 16.1. The number of amides is 1. The molecule has 0 aromatic carbocycles. The summed E-state index contributed by atoms with van der Waals surface area (Å²) in [5.41, 5.74) is 3.43. The Bertz CT molecular complexity index is 464. The third-order valence-electron chi connectivity index (χ3n) is 3.09. The van der Waals surface area contributed by atoms with Gasteiger partial charge in [-0.3, -0.25) is 9.69 Å². The number of carbonyl (C=O) groups excluding carboxylic acids is 1. The van der Waals surface area contributed by atoms with Crippen molar-refractivity contribution in [3.05, 3.63) is 17.6 Å². The highest BCUT2D eigenvalue weighted by Crippen LogP contribution is 2.13. The molecular formula is C12H20N6O. The van der Waals surface area contributed by atoms with Gasteiger partial charge in [-0.05, 0) is 13.3 Å². The molecular weight excluding hydrogens is 244 g/mol. The van der Waals surface area contributed by atoms with Crippen molar-refractivity contribution in [2.45, 2.75) is 32.9 Å². The Hall–Kier alpha value is -1.73. The Morgan fingerprint density at radius 3 is 3.05 bits per heavy atom. The second-order valence-electron chi connectivity index (χ2n) is 4.88. The van der Waals surface area contributed by atoms with Gasteiger partial charge in [0.05, 0.1) is 6.54 Å². The van der Waals surface area contributed by atoms with Crippen LogP contribution in [0.25, 0.3) is 0 Å². The molecule has 2 rings (SSSR count). The maximum Gasteiger partial charge on any atom is 0.217 e. The maximum atomic E-state index is 11.0. The fourth-order valence-corrected chi connectivity index (χ4v) is 2.36. The first-order chi connectivity index (χ1) is 9.06. The highest BCUT2D eigenvalue weighted by molar-refractivity contribution is 5.73. The summed E-state index contributed by atoms with van der Waals surface area (Å²) in [4.78, 5) is 22.0. The van der Waals surface area contributed by atoms with Crippen LogP contribution in [0.4, 0.5) is 5.82 Å². The molecule has 1 aliphatic rings. The molecule has 7 nitrogen and oxygen atoms in total. The molecule has 1 aliphatic heterocycles. The van der Waals surface area contributed by atoms with Crippen molar-refractivity contribution in [1.82, 2.24) is 20.2 Å². The van der Waals surface area contributed by atoms with E-state index >= 15 is 0 Å². The van der Waals surface area contributed by atoms with E-state index in [1.807, 2.05) is 6.92 Å². The van der Waals surface area contributed by atoms with E-state index in [1.165, 1.54) is 0 Å². The molecule has 1 fully saturated rings. The summed E-state index contributed by atoms with van der Waals surface area (Å²) in [6.45, 7) is 5.91. The van der Waals surface area contributed by atoms with Crippen molar-refractivity contribution in [2.24, 2.45) is 5.84 Å². The normalized spacial score (nSPS) is 19.4. The molecule has 104 valence electrons. The summed E-state index contributed by atoms with van der Waals surface area (Å²) in [6.07, 6.45) is 0.966. The standard InChI is InChI=1S/C12H20N6O/c1-8-5-11(17-13)16-12(14-8)7-18-4-3-10(6-18)15-9(2)19/h5,10H,3-4,6-7,13H2,1-2H3,(H,15,19)(H,14,16,17). The number of hydrazine groups is 1. The summed E-state index contributed by atoms with van der Waals surface area (Å²) in [7, 11) is 0. The first-order valence-corrected chi connectivity index (χ1v) is 6.37. The highest BCUT2D eigenvalue weighted by Gasteiger charge is 2.23. The average molecular weight is 264 g/mol. The molecule has 1 aromatic heterocycles. The van der Waals surface area contributed by atoms with Crippen molar-refractivity contribution in [3.63, 3.8) is 0 Å². The number of hydrogen-bond acceptors (Lipinski definition) is 6. The smallest absolute Gasteiger partial charge is 0.217 e. The van der Waals surface area contributed by atoms with Gasteiger partial charge in [0.25, 0.3) is 0 Å². The van der Waals surface area contributed by atoms with E-state index in [0.29, 0.717) is 12.4 Å². The van der Waals surface area contributed by atoms with E-state index in [2.05, 4.69) is 25.6 Å². The number of carbonyl (C=O) groups is 1. The summed E-state index contributed by atoms with van der Waals surface area (Å²) in [5, 5.41) is 2.94. The van der Waals surface area contributed by atoms with Gasteiger partial charge in [-0.1, -0.05) is 0 Å². The van der Waals surface area contributed by atoms with Crippen LogP contribution in [0.15, 0.2) is 6.07 Å². The van der Waals surface area contributed by atoms with Crippen LogP contribution in [0, 0.1) is 6.92 Å². The largest absolute Gasteiger partial charge is 0.352 e. The third kappa shape index (κ3) is 3.87. The molecule has 1 unspecified atom stereocenters. The molecule has 1 saturated heterocycles. The van der Waals surface area contributed by atoms with Crippen LogP contribution in [-0.4, -0.2) is 39.9 Å². The van der Waals surface area contributed by atoms with Gasteiger partial charge in [-0.2, -0.15) is 0 Å². The molecule has 1 aromatic rings. The Morgan fingerprint density at radius 1 is 1.58 bits per heavy atom. The molecule has 0 radical (unpaired) electrons. The zero-order valence-electron chi connectivity index (χ0n) is 11.3. The third-order valence-corrected chi connectivity index (χ3v) is 3.09. The van der Waals surface area contributed by atoms with E-state index in [0.717, 1.165) is 31.0 Å². The van der Waals surface area contributed by atoms with Gasteiger partial charge in [0.1, 0.15) is 11.6 Å². The lowest BCUT2D eigenvalue weighted by Crippen LogP contribution is -2.35. The molecule has 1 atom stereocenters. The van der Waals surface area contributed by atoms with E-state index in [-0.39, 0.29) is 11.9 Å². The number of nitrogens with zero attached hydrogens (tertiary/aromatic N) is 3. The lowest BCUT2D eigenvalue weighted by atomic mass is 10.3. The minimum Gasteiger partial charge on any atom is -0.352 e. The number of nitrogen functional groups attached to an aromatic ring is 1. The monoisotopic (exact) mass is 264 g/mol. The lowest BCUT2D eigenvalue weighted by molar-refractivity contribution is -0.119. The Morgan fingerprint density at radius 2 is 2.37 bits per heavy atom. The number of hydrogen-bond donors (Lipinski definition) is 3. The quantitative estimate of drug-likeness (QED) is 0.514. The number of nitrogens with two attached hydrogens (primary N) is 1. The van der Waals surface area contributed by atoms with E-state index in [1.54, 1.807) is 13.0 Å². The first kappa shape index (κ1) is 13.7. The minimum atomic E-state index is 0.0215. The van der Waals surface area contributed by atoms with Crippen LogP contribution >= 0.6 is 0 Å². The number of nitrogens with one attached hydrogen (secondary N) is 2. The molecule has 0 saturated carbocycles. The molecule has 0 spiro atoms. The minimum absolute atomic E-state index is 0.0215. The maximum absolute atomic E-state index is 11.0. The van der Waals surface area contributed by atoms with E-state index in [4.69, 9.17) is 5.84 Å². The predicted molar refractivity (Wildman–Crippen MR) is 72.1 cm³/mol. The zero-order valence-corrected chi connectivity index (χ0v) is 11.3. The van der Waals surface area contributed by atoms with Gasteiger partial charge < -0.3 is 10.7 Å². The number of anilines is 1. The van der Waals surface area contributed by atoms with Gasteiger partial charge in [0.2, 0.25) is 5.91 Å². The Balaban J connectivity index is 1.95. The van der Waals surface area contributed by atoms with Gasteiger partial charge in [0, 0.05) is 37.8 Å². The van der Waals surface area contributed by atoms with Crippen molar-refractivity contribution in [1.29, 1.82) is 0 Å². The van der Waals surface area contributed by atoms with Crippen LogP contribution in [-0.2, 0) is 11.3 Å². The molecule has 7 heteroatoms. The Kier molecular flexibility index (Phi) is 4.28. The van der Waals surface area contributed by atoms with Gasteiger partial charge in [-0.15, -0.1) is 0 Å². The summed E-state index contributed by atoms with van der Waals surface area (Å²) in [5.74, 6) is 6.76. The van der Waals surface area contributed by atoms with Crippen LogP contribution < -0.4 is 16.6 Å². The number of aromatic nitrogens is 2. The van der Waals surface area contributed by atoms with Crippen LogP contribution in [0.5, 0.6) is 0 Å². The molecule has 4 N–H and O–H groups in total. The van der Waals surface area contributed by atoms with Crippen LogP contribution in [0.1, 0.15) is 24.9 Å². The predicted octanol–water partition coefficient (Wildman–Crippen LogP) is -0.219. The average Bonchev–Trinajstić information content (AvgIpc) is 2.74. The van der Waals surface area contributed by atoms with Crippen molar-refractivity contribution >= 4 is 11.7 Å². The zero-order chi connectivity index (χ0) is 13.8. The van der Waals surface area contributed by atoms with Crippen molar-refractivity contribution < 1.29 is 4.79 Å². The van der Waals surface area contributed by atoms with E-state index in [9.17, 15) is 4.79 Å². The molecule has 0 bridgehead atoms.